The van der Waals surface area contributed by atoms with Gasteiger partial charge in [0.2, 0.25) is 0 Å². The highest BCUT2D eigenvalue weighted by molar-refractivity contribution is 6.01. The monoisotopic (exact) mass is 299 g/mol. The number of carbonyl (C=O) groups excluding carboxylic acids is 1. The van der Waals surface area contributed by atoms with Crippen molar-refractivity contribution < 1.29 is 28.8 Å². The third-order valence-corrected chi connectivity index (χ3v) is 3.87. The molecule has 3 fully saturated rings. The van der Waals surface area contributed by atoms with E-state index in [-0.39, 0.29) is 12.5 Å². The molecule has 0 aromatic heterocycles. The number of amides is 1. The molecule has 3 saturated heterocycles. The van der Waals surface area contributed by atoms with E-state index in [1.807, 2.05) is 13.8 Å². The van der Waals surface area contributed by atoms with Gasteiger partial charge in [-0.2, -0.15) is 0 Å². The molecule has 0 aromatic rings. The number of ether oxygens (including phenoxy) is 4. The number of carbonyl (C=O) groups is 1. The summed E-state index contributed by atoms with van der Waals surface area (Å²) in [5, 5.41) is 12.1. The molecule has 0 bridgehead atoms. The number of hydrogen-bond donors (Lipinski definition) is 2. The highest BCUT2D eigenvalue weighted by atomic mass is 16.8. The Balaban J connectivity index is 1.74. The highest BCUT2D eigenvalue weighted by Gasteiger charge is 2.56. The maximum Gasteiger partial charge on any atom is 0.253 e. The second kappa shape index (κ2) is 5.03. The highest BCUT2D eigenvalue weighted by Crippen LogP contribution is 2.39. The second-order valence-corrected chi connectivity index (χ2v) is 6.19. The molecule has 0 saturated carbocycles. The zero-order chi connectivity index (χ0) is 15.4. The standard InChI is InChI=1S/C14H21NO6/c1-6(2)8-11(17)15-12(8)19-9-7(5-16)18-13-10(9)20-14(3,4)21-13/h7,9-10,12-13,16H,5H2,1-4H3,(H,15,17)/t7-,9+,10-,12+,13-/m1/s1. The van der Waals surface area contributed by atoms with Crippen LogP contribution in [0.1, 0.15) is 27.7 Å². The molecular weight excluding hydrogens is 278 g/mol. The van der Waals surface area contributed by atoms with Crippen molar-refractivity contribution in [2.75, 3.05) is 6.61 Å². The van der Waals surface area contributed by atoms with Crippen molar-refractivity contribution in [3.05, 3.63) is 11.1 Å². The number of allylic oxidation sites excluding steroid dienone is 1. The van der Waals surface area contributed by atoms with Crippen molar-refractivity contribution in [2.24, 2.45) is 0 Å². The third kappa shape index (κ3) is 2.49. The van der Waals surface area contributed by atoms with Gasteiger partial charge in [0.25, 0.3) is 5.91 Å². The molecule has 3 rings (SSSR count). The minimum Gasteiger partial charge on any atom is -0.394 e. The summed E-state index contributed by atoms with van der Waals surface area (Å²) in [6, 6.07) is 0. The minimum atomic E-state index is -0.750. The predicted octanol–water partition coefficient (Wildman–Crippen LogP) is 0.0326. The van der Waals surface area contributed by atoms with Gasteiger partial charge in [-0.05, 0) is 27.7 Å². The van der Waals surface area contributed by atoms with Gasteiger partial charge in [-0.25, -0.2) is 0 Å². The lowest BCUT2D eigenvalue weighted by atomic mass is 10.0. The fraction of sp³-hybridized carbons (Fsp3) is 0.786. The van der Waals surface area contributed by atoms with E-state index < -0.39 is 36.6 Å². The molecule has 118 valence electrons. The summed E-state index contributed by atoms with van der Waals surface area (Å²) >= 11 is 0. The summed E-state index contributed by atoms with van der Waals surface area (Å²) in [5.74, 6) is -0.875. The first kappa shape index (κ1) is 14.9. The Kier molecular flexibility index (Phi) is 3.58. The summed E-state index contributed by atoms with van der Waals surface area (Å²) in [4.78, 5) is 11.6. The fourth-order valence-corrected chi connectivity index (χ4v) is 2.92. The molecule has 7 heteroatoms. The van der Waals surface area contributed by atoms with Crippen molar-refractivity contribution in [1.82, 2.24) is 5.32 Å². The predicted molar refractivity (Wildman–Crippen MR) is 71.0 cm³/mol. The SMILES string of the molecule is CC(C)=C1C(=O)N[C@H]1O[C@@H]1[C@H]2OC(C)(C)O[C@H]2O[C@@H]1CO. The van der Waals surface area contributed by atoms with Crippen LogP contribution in [0.2, 0.25) is 0 Å². The van der Waals surface area contributed by atoms with Crippen LogP contribution in [0, 0.1) is 0 Å². The fourth-order valence-electron chi connectivity index (χ4n) is 2.92. The number of aliphatic hydroxyl groups is 1. The van der Waals surface area contributed by atoms with Crippen LogP contribution in [-0.2, 0) is 23.7 Å². The first-order valence-electron chi connectivity index (χ1n) is 7.08. The van der Waals surface area contributed by atoms with E-state index in [0.29, 0.717) is 5.57 Å². The van der Waals surface area contributed by atoms with Crippen LogP contribution in [0.4, 0.5) is 0 Å². The van der Waals surface area contributed by atoms with Crippen LogP contribution in [-0.4, -0.2) is 54.2 Å². The number of rotatable bonds is 3. The number of hydrogen-bond acceptors (Lipinski definition) is 6. The molecule has 0 radical (unpaired) electrons. The molecule has 0 aliphatic carbocycles. The van der Waals surface area contributed by atoms with Crippen molar-refractivity contribution in [3.63, 3.8) is 0 Å². The Morgan fingerprint density at radius 3 is 2.67 bits per heavy atom. The summed E-state index contributed by atoms with van der Waals surface area (Å²) in [7, 11) is 0. The minimum absolute atomic E-state index is 0.125. The Labute approximate surface area is 123 Å². The normalized spacial score (nSPS) is 40.7. The number of fused-ring (bicyclic) bond motifs is 1. The number of aliphatic hydroxyl groups excluding tert-OH is 1. The largest absolute Gasteiger partial charge is 0.394 e. The molecule has 5 atom stereocenters. The zero-order valence-corrected chi connectivity index (χ0v) is 12.6. The van der Waals surface area contributed by atoms with Gasteiger partial charge in [-0.15, -0.1) is 0 Å². The molecule has 0 aromatic carbocycles. The average Bonchev–Trinajstić information content (AvgIpc) is 2.80. The van der Waals surface area contributed by atoms with E-state index in [1.54, 1.807) is 13.8 Å². The third-order valence-electron chi connectivity index (χ3n) is 3.87. The maximum absolute atomic E-state index is 11.6. The summed E-state index contributed by atoms with van der Waals surface area (Å²) < 4.78 is 23.0. The van der Waals surface area contributed by atoms with Gasteiger partial charge in [-0.1, -0.05) is 5.57 Å². The molecule has 1 amide bonds. The Hall–Kier alpha value is -0.990. The van der Waals surface area contributed by atoms with Crippen LogP contribution >= 0.6 is 0 Å². The van der Waals surface area contributed by atoms with Crippen molar-refractivity contribution in [2.45, 2.75) is 64.3 Å². The van der Waals surface area contributed by atoms with E-state index >= 15 is 0 Å². The average molecular weight is 299 g/mol. The first-order valence-corrected chi connectivity index (χ1v) is 7.08. The molecule has 3 aliphatic rings. The smallest absolute Gasteiger partial charge is 0.253 e. The molecule has 3 aliphatic heterocycles. The van der Waals surface area contributed by atoms with Gasteiger partial charge < -0.3 is 29.4 Å². The van der Waals surface area contributed by atoms with E-state index in [0.717, 1.165) is 5.57 Å². The van der Waals surface area contributed by atoms with Gasteiger partial charge in [0.15, 0.2) is 18.3 Å². The van der Waals surface area contributed by atoms with Crippen LogP contribution in [0.15, 0.2) is 11.1 Å². The number of β-lactam (4-membered cyclic amide) rings is 1. The van der Waals surface area contributed by atoms with Crippen molar-refractivity contribution >= 4 is 5.91 Å². The van der Waals surface area contributed by atoms with Crippen LogP contribution in [0.25, 0.3) is 0 Å². The van der Waals surface area contributed by atoms with Crippen LogP contribution in [0.3, 0.4) is 0 Å². The van der Waals surface area contributed by atoms with Crippen molar-refractivity contribution in [1.29, 1.82) is 0 Å². The Bertz CT molecular complexity index is 484. The number of nitrogens with one attached hydrogen (secondary N) is 1. The summed E-state index contributed by atoms with van der Waals surface area (Å²) in [5.41, 5.74) is 1.52. The van der Waals surface area contributed by atoms with E-state index in [4.69, 9.17) is 18.9 Å². The first-order chi connectivity index (χ1) is 9.82. The van der Waals surface area contributed by atoms with Gasteiger partial charge >= 0.3 is 0 Å². The topological polar surface area (TPSA) is 86.3 Å². The lowest BCUT2D eigenvalue weighted by Crippen LogP contribution is -2.57. The maximum atomic E-state index is 11.6. The quantitative estimate of drug-likeness (QED) is 0.565. The van der Waals surface area contributed by atoms with Gasteiger partial charge in [-0.3, -0.25) is 4.79 Å². The summed E-state index contributed by atoms with van der Waals surface area (Å²) in [6.45, 7) is 7.12. The zero-order valence-electron chi connectivity index (χ0n) is 12.6. The molecule has 2 N–H and O–H groups in total. The lowest BCUT2D eigenvalue weighted by molar-refractivity contribution is -0.226. The summed E-state index contributed by atoms with van der Waals surface area (Å²) in [6.07, 6.45) is -2.51. The van der Waals surface area contributed by atoms with Crippen LogP contribution < -0.4 is 5.32 Å². The molecule has 0 unspecified atom stereocenters. The molecular formula is C14H21NO6. The van der Waals surface area contributed by atoms with E-state index in [2.05, 4.69) is 5.32 Å². The lowest BCUT2D eigenvalue weighted by Gasteiger charge is -2.35. The second-order valence-electron chi connectivity index (χ2n) is 6.19. The van der Waals surface area contributed by atoms with Gasteiger partial charge in [0.05, 0.1) is 12.2 Å². The van der Waals surface area contributed by atoms with Gasteiger partial charge in [0.1, 0.15) is 18.3 Å². The molecule has 3 heterocycles. The van der Waals surface area contributed by atoms with Crippen molar-refractivity contribution in [3.8, 4) is 0 Å². The molecule has 21 heavy (non-hydrogen) atoms. The Morgan fingerprint density at radius 1 is 1.38 bits per heavy atom. The van der Waals surface area contributed by atoms with Crippen LogP contribution in [0.5, 0.6) is 0 Å². The van der Waals surface area contributed by atoms with Gasteiger partial charge in [0, 0.05) is 0 Å². The molecule has 7 nitrogen and oxygen atoms in total. The molecule has 0 spiro atoms. The van der Waals surface area contributed by atoms with E-state index in [1.165, 1.54) is 0 Å². The Morgan fingerprint density at radius 2 is 2.10 bits per heavy atom. The van der Waals surface area contributed by atoms with E-state index in [9.17, 15) is 9.90 Å².